The molecular weight excluding hydrogens is 713 g/mol. The lowest BCUT2D eigenvalue weighted by atomic mass is 9.41. The van der Waals surface area contributed by atoms with E-state index < -0.39 is 45.9 Å². The first-order valence-electron chi connectivity index (χ1n) is 21.8. The van der Waals surface area contributed by atoms with Gasteiger partial charge in [0.25, 0.3) is 0 Å². The van der Waals surface area contributed by atoms with Gasteiger partial charge in [0.15, 0.2) is 12.8 Å². The normalized spacial score (nSPS) is 54.1. The van der Waals surface area contributed by atoms with E-state index >= 15 is 0 Å². The Morgan fingerprint density at radius 1 is 1.04 bits per heavy atom. The molecule has 5 bridgehead atoms. The van der Waals surface area contributed by atoms with E-state index in [1.54, 1.807) is 6.08 Å². The zero-order chi connectivity index (χ0) is 38.9. The zero-order valence-corrected chi connectivity index (χ0v) is 33.0. The molecule has 302 valence electrons. The number of nitrogens with zero attached hydrogens (tertiary/aromatic N) is 2. The summed E-state index contributed by atoms with van der Waals surface area (Å²) in [6.45, 7) is 4.56. The highest BCUT2D eigenvalue weighted by Gasteiger charge is 2.83. The van der Waals surface area contributed by atoms with Crippen LogP contribution in [0.2, 0.25) is 0 Å². The monoisotopic (exact) mass is 771 g/mol. The van der Waals surface area contributed by atoms with E-state index in [0.29, 0.717) is 44.9 Å². The van der Waals surface area contributed by atoms with Crippen LogP contribution in [-0.2, 0) is 29.3 Å². The fraction of sp³-hybridized carbons (Fsp3) is 0.756. The molecule has 0 aromatic heterocycles. The highest BCUT2D eigenvalue weighted by atomic mass is 16.5. The molecule has 4 N–H and O–H groups in total. The number of hydrogen-bond acceptors (Lipinski definition) is 10. The summed E-state index contributed by atoms with van der Waals surface area (Å²) < 4.78 is 11.9. The predicted molar refractivity (Wildman–Crippen MR) is 202 cm³/mol. The van der Waals surface area contributed by atoms with Crippen LogP contribution in [0.15, 0.2) is 35.9 Å². The largest absolute Gasteiger partial charge is 0.458 e. The number of aliphatic hydroxyl groups is 4. The van der Waals surface area contributed by atoms with E-state index in [9.17, 15) is 34.8 Å². The highest BCUT2D eigenvalue weighted by molar-refractivity contribution is 5.85. The summed E-state index contributed by atoms with van der Waals surface area (Å²) in [6, 6.07) is 8.28. The third-order valence-corrected chi connectivity index (χ3v) is 19.6. The Balaban J connectivity index is 0.854. The summed E-state index contributed by atoms with van der Waals surface area (Å²) in [5, 5.41) is 50.1. The number of carbonyl (C=O) groups is 3. The van der Waals surface area contributed by atoms with Gasteiger partial charge in [0.05, 0.1) is 40.2 Å². The molecule has 6 aliphatic heterocycles. The van der Waals surface area contributed by atoms with E-state index in [2.05, 4.69) is 44.0 Å². The van der Waals surface area contributed by atoms with Crippen molar-refractivity contribution in [3.8, 4) is 0 Å². The number of para-hydroxylation sites is 1. The molecule has 1 aromatic rings. The number of cyclic esters (lactones) is 1. The van der Waals surface area contributed by atoms with E-state index in [1.165, 1.54) is 5.56 Å². The van der Waals surface area contributed by atoms with Crippen LogP contribution in [0.25, 0.3) is 0 Å². The van der Waals surface area contributed by atoms with Gasteiger partial charge in [-0.25, -0.2) is 9.59 Å². The number of quaternary nitrogens is 1. The van der Waals surface area contributed by atoms with Crippen LogP contribution >= 0.6 is 0 Å². The Kier molecular flexibility index (Phi) is 7.42. The molecule has 6 heterocycles. The molecule has 1 spiro atoms. The average Bonchev–Trinajstić information content (AvgIpc) is 3.86. The minimum atomic E-state index is -1.37. The Labute approximate surface area is 329 Å². The summed E-state index contributed by atoms with van der Waals surface area (Å²) in [5.41, 5.74) is -1.04. The SMILES string of the molecule is CC[C@H]1[C@H]2C[C@H]3[C@@H]4N(C)c5ccccc5[C@]45C[C@@H]([C@@H]2[C@@H]5O)[N@+]3(CC(=O)O[C@H]2CC[C@]3(C=O)[C@H]4CC[C@]5(C)[C@@H](C6=CC(=O)OC6)CC[C@]5(O)[C@@H]4CC[C@]3(O)C2)[C@@H]1O. The lowest BCUT2D eigenvalue weighted by Crippen LogP contribution is -2.83. The third-order valence-electron chi connectivity index (χ3n) is 19.6. The molecule has 11 aliphatic rings. The van der Waals surface area contributed by atoms with Gasteiger partial charge in [0.1, 0.15) is 25.0 Å². The van der Waals surface area contributed by atoms with Crippen LogP contribution in [0.5, 0.6) is 0 Å². The number of carbonyl (C=O) groups excluding carboxylic acids is 3. The minimum Gasteiger partial charge on any atom is -0.458 e. The summed E-state index contributed by atoms with van der Waals surface area (Å²) >= 11 is 0. The molecular formula is C45H59N2O9+. The van der Waals surface area contributed by atoms with Gasteiger partial charge < -0.3 is 39.6 Å². The van der Waals surface area contributed by atoms with Gasteiger partial charge in [-0.15, -0.1) is 0 Å². The van der Waals surface area contributed by atoms with Gasteiger partial charge in [-0.05, 0) is 98.7 Å². The van der Waals surface area contributed by atoms with Crippen molar-refractivity contribution in [3.05, 3.63) is 41.5 Å². The second kappa shape index (κ2) is 11.5. The second-order valence-electron chi connectivity index (χ2n) is 20.6. The van der Waals surface area contributed by atoms with Crippen molar-refractivity contribution < 1.29 is 48.8 Å². The smallest absolute Gasteiger partial charge is 0.362 e. The van der Waals surface area contributed by atoms with Crippen molar-refractivity contribution >= 4 is 23.9 Å². The van der Waals surface area contributed by atoms with Gasteiger partial charge >= 0.3 is 11.9 Å². The highest BCUT2D eigenvalue weighted by Crippen LogP contribution is 2.73. The molecule has 5 saturated carbocycles. The van der Waals surface area contributed by atoms with Crippen LogP contribution < -0.4 is 4.90 Å². The molecule has 11 nitrogen and oxygen atoms in total. The van der Waals surface area contributed by atoms with Gasteiger partial charge in [-0.1, -0.05) is 32.0 Å². The molecule has 4 saturated heterocycles. The second-order valence-corrected chi connectivity index (χ2v) is 20.6. The number of aliphatic hydroxyl groups excluding tert-OH is 2. The molecule has 0 amide bonds. The Morgan fingerprint density at radius 2 is 1.82 bits per heavy atom. The van der Waals surface area contributed by atoms with Gasteiger partial charge in [0, 0.05) is 55.3 Å². The Bertz CT molecular complexity index is 1940. The van der Waals surface area contributed by atoms with Gasteiger partial charge in [-0.3, -0.25) is 4.48 Å². The fourth-order valence-electron chi connectivity index (χ4n) is 17.6. The number of ether oxygens (including phenoxy) is 2. The Hall–Kier alpha value is -2.83. The number of benzene rings is 1. The molecule has 1 aromatic carbocycles. The van der Waals surface area contributed by atoms with Crippen molar-refractivity contribution in [3.63, 3.8) is 0 Å². The number of fused-ring (bicyclic) bond motifs is 7. The first-order valence-corrected chi connectivity index (χ1v) is 21.8. The number of hydrogen-bond donors (Lipinski definition) is 4. The molecule has 12 rings (SSSR count). The van der Waals surface area contributed by atoms with Crippen molar-refractivity contribution in [1.82, 2.24) is 0 Å². The summed E-state index contributed by atoms with van der Waals surface area (Å²) in [4.78, 5) is 42.3. The number of anilines is 1. The first-order chi connectivity index (χ1) is 26.7. The predicted octanol–water partition coefficient (Wildman–Crippen LogP) is 3.53. The maximum atomic E-state index is 14.5. The maximum Gasteiger partial charge on any atom is 0.362 e. The van der Waals surface area contributed by atoms with Gasteiger partial charge in [0.2, 0.25) is 0 Å². The lowest BCUT2D eigenvalue weighted by Gasteiger charge is -2.67. The minimum absolute atomic E-state index is 0.0104. The van der Waals surface area contributed by atoms with Crippen molar-refractivity contribution in [2.24, 2.45) is 46.3 Å². The van der Waals surface area contributed by atoms with Crippen LogP contribution in [-0.4, -0.2) is 111 Å². The lowest BCUT2D eigenvalue weighted by molar-refractivity contribution is -1.03. The summed E-state index contributed by atoms with van der Waals surface area (Å²) in [5.74, 6) is -0.852. The topological polar surface area (TPSA) is 154 Å². The van der Waals surface area contributed by atoms with E-state index in [0.717, 1.165) is 43.2 Å². The number of esters is 2. The number of rotatable bonds is 6. The van der Waals surface area contributed by atoms with Crippen LogP contribution in [0, 0.1) is 46.3 Å². The molecule has 11 heteroatoms. The van der Waals surface area contributed by atoms with Gasteiger partial charge in [-0.2, -0.15) is 0 Å². The quantitative estimate of drug-likeness (QED) is 0.192. The van der Waals surface area contributed by atoms with Crippen LogP contribution in [0.4, 0.5) is 5.69 Å². The standard InChI is InChI=1S/C45H59N2O9/c1-4-26-27-18-33-38-44(31-7-5-6-8-32(31)46(38)3)20-34(37(27)39(44)51)47(33,40(26)52)21-36(50)56-25-9-14-42(23-48)29-10-13-41(2)28(24-17-35(49)55-22-24)12-16-45(41,54)30(29)11-15-43(42,53)19-25/h5-8,17,23,25-30,33-34,37-40,51-54H,4,9-16,18-22H2,1-3H3/q+1/t25-,26-,27+,28+,29-,30+,33-,34-,37+,38-,39-,40+,41+,42-,43-,44+,45-,47+/m0/s1. The maximum absolute atomic E-state index is 14.5. The summed E-state index contributed by atoms with van der Waals surface area (Å²) in [6.07, 6.45) is 7.72. The van der Waals surface area contributed by atoms with E-state index in [4.69, 9.17) is 9.47 Å². The number of aldehydes is 1. The number of piperidine rings is 4. The first kappa shape index (κ1) is 36.3. The molecule has 0 radical (unpaired) electrons. The molecule has 0 unspecified atom stereocenters. The van der Waals surface area contributed by atoms with Crippen LogP contribution in [0.1, 0.15) is 96.5 Å². The molecule has 9 fully saturated rings. The Morgan fingerprint density at radius 3 is 2.57 bits per heavy atom. The van der Waals surface area contributed by atoms with Crippen molar-refractivity contribution in [1.29, 1.82) is 0 Å². The molecule has 5 aliphatic carbocycles. The van der Waals surface area contributed by atoms with Crippen molar-refractivity contribution in [2.45, 2.75) is 144 Å². The summed E-state index contributed by atoms with van der Waals surface area (Å²) in [7, 11) is 2.11. The fourth-order valence-corrected chi connectivity index (χ4v) is 17.6. The van der Waals surface area contributed by atoms with Crippen molar-refractivity contribution in [2.75, 3.05) is 25.1 Å². The van der Waals surface area contributed by atoms with Crippen LogP contribution in [0.3, 0.4) is 0 Å². The third kappa shape index (κ3) is 3.92. The zero-order valence-electron chi connectivity index (χ0n) is 33.0. The van der Waals surface area contributed by atoms with E-state index in [-0.39, 0.29) is 89.6 Å². The molecule has 18 atom stereocenters. The molecule has 56 heavy (non-hydrogen) atoms. The average molecular weight is 772 g/mol. The van der Waals surface area contributed by atoms with E-state index in [1.807, 2.05) is 6.07 Å². The number of likely N-dealkylation sites (N-methyl/N-ethyl adjacent to an activating group) is 1.